The standard InChI is InChI=1S/C13H16F2O2/c1-8-6-9(12(2,14)15)11(17-3)10(7-8)13(16)4-5-13/h6-7,16H,4-5H2,1-3H3. The summed E-state index contributed by atoms with van der Waals surface area (Å²) in [5, 5.41) is 10.1. The van der Waals surface area contributed by atoms with Crippen LogP contribution in [0.3, 0.4) is 0 Å². The van der Waals surface area contributed by atoms with E-state index in [1.54, 1.807) is 13.0 Å². The lowest BCUT2D eigenvalue weighted by atomic mass is 9.96. The third-order valence-corrected chi connectivity index (χ3v) is 3.14. The Morgan fingerprint density at radius 1 is 1.35 bits per heavy atom. The quantitative estimate of drug-likeness (QED) is 0.882. The van der Waals surface area contributed by atoms with E-state index in [1.165, 1.54) is 13.2 Å². The second kappa shape index (κ2) is 3.67. The Balaban J connectivity index is 2.64. The minimum atomic E-state index is -2.97. The first-order chi connectivity index (χ1) is 7.78. The Morgan fingerprint density at radius 3 is 2.35 bits per heavy atom. The highest BCUT2D eigenvalue weighted by atomic mass is 19.3. The highest BCUT2D eigenvalue weighted by Crippen LogP contribution is 2.51. The molecule has 0 unspecified atom stereocenters. The van der Waals surface area contributed by atoms with Crippen molar-refractivity contribution in [1.82, 2.24) is 0 Å². The Morgan fingerprint density at radius 2 is 1.94 bits per heavy atom. The summed E-state index contributed by atoms with van der Waals surface area (Å²) in [6.45, 7) is 2.58. The van der Waals surface area contributed by atoms with Crippen LogP contribution in [0.15, 0.2) is 12.1 Å². The molecule has 1 N–H and O–H groups in total. The van der Waals surface area contributed by atoms with Gasteiger partial charge in [-0.25, -0.2) is 8.78 Å². The van der Waals surface area contributed by atoms with Crippen LogP contribution >= 0.6 is 0 Å². The zero-order chi connectivity index (χ0) is 12.8. The first-order valence-electron chi connectivity index (χ1n) is 5.58. The van der Waals surface area contributed by atoms with Gasteiger partial charge in [-0.1, -0.05) is 0 Å². The van der Waals surface area contributed by atoms with Gasteiger partial charge in [0.1, 0.15) is 5.75 Å². The largest absolute Gasteiger partial charge is 0.496 e. The first kappa shape index (κ1) is 12.3. The number of aliphatic hydroxyl groups is 1. The summed E-state index contributed by atoms with van der Waals surface area (Å²) in [6.07, 6.45) is 1.20. The third-order valence-electron chi connectivity index (χ3n) is 3.14. The van der Waals surface area contributed by atoms with Crippen molar-refractivity contribution in [3.05, 3.63) is 28.8 Å². The molecule has 1 aliphatic rings. The summed E-state index contributed by atoms with van der Waals surface area (Å²) in [6, 6.07) is 3.13. The van der Waals surface area contributed by atoms with E-state index in [2.05, 4.69) is 0 Å². The van der Waals surface area contributed by atoms with E-state index in [-0.39, 0.29) is 11.3 Å². The Hall–Kier alpha value is -1.16. The van der Waals surface area contributed by atoms with E-state index in [1.807, 2.05) is 0 Å². The number of hydrogen-bond acceptors (Lipinski definition) is 2. The van der Waals surface area contributed by atoms with Crippen molar-refractivity contribution in [2.45, 2.75) is 38.2 Å². The minimum Gasteiger partial charge on any atom is -0.496 e. The lowest BCUT2D eigenvalue weighted by molar-refractivity contribution is 0.0144. The second-order valence-electron chi connectivity index (χ2n) is 4.81. The molecule has 0 heterocycles. The van der Waals surface area contributed by atoms with Crippen molar-refractivity contribution >= 4 is 0 Å². The SMILES string of the molecule is COc1c(C(C)(F)F)cc(C)cc1C1(O)CC1. The average Bonchev–Trinajstić information content (AvgIpc) is 2.95. The van der Waals surface area contributed by atoms with Crippen LogP contribution < -0.4 is 4.74 Å². The number of ether oxygens (including phenoxy) is 1. The Kier molecular flexibility index (Phi) is 2.65. The van der Waals surface area contributed by atoms with Crippen molar-refractivity contribution < 1.29 is 18.6 Å². The van der Waals surface area contributed by atoms with Gasteiger partial charge in [0.05, 0.1) is 18.3 Å². The second-order valence-corrected chi connectivity index (χ2v) is 4.81. The highest BCUT2D eigenvalue weighted by Gasteiger charge is 2.46. The van der Waals surface area contributed by atoms with Gasteiger partial charge in [-0.3, -0.25) is 0 Å². The maximum atomic E-state index is 13.5. The van der Waals surface area contributed by atoms with Gasteiger partial charge in [-0.05, 0) is 37.5 Å². The summed E-state index contributed by atoms with van der Waals surface area (Å²) in [5.41, 5.74) is 0.0571. The Labute approximate surface area is 99.2 Å². The molecule has 1 saturated carbocycles. The summed E-state index contributed by atoms with van der Waals surface area (Å²) < 4.78 is 32.1. The molecule has 0 aliphatic heterocycles. The van der Waals surface area contributed by atoms with Gasteiger partial charge >= 0.3 is 0 Å². The van der Waals surface area contributed by atoms with Gasteiger partial charge in [0.25, 0.3) is 5.92 Å². The maximum Gasteiger partial charge on any atom is 0.274 e. The molecule has 1 aliphatic carbocycles. The third kappa shape index (κ3) is 2.14. The summed E-state index contributed by atoms with van der Waals surface area (Å²) in [7, 11) is 1.36. The zero-order valence-corrected chi connectivity index (χ0v) is 10.2. The molecular weight excluding hydrogens is 226 g/mol. The van der Waals surface area contributed by atoms with Gasteiger partial charge < -0.3 is 9.84 Å². The maximum absolute atomic E-state index is 13.5. The summed E-state index contributed by atoms with van der Waals surface area (Å²) >= 11 is 0. The molecule has 2 nitrogen and oxygen atoms in total. The molecule has 0 atom stereocenters. The zero-order valence-electron chi connectivity index (χ0n) is 10.2. The van der Waals surface area contributed by atoms with E-state index < -0.39 is 11.5 Å². The fourth-order valence-corrected chi connectivity index (χ4v) is 2.05. The fraction of sp³-hybridized carbons (Fsp3) is 0.538. The van der Waals surface area contributed by atoms with Crippen molar-refractivity contribution in [1.29, 1.82) is 0 Å². The van der Waals surface area contributed by atoms with Crippen LogP contribution in [0.1, 0.15) is 36.5 Å². The number of benzene rings is 1. The highest BCUT2D eigenvalue weighted by molar-refractivity contribution is 5.50. The molecule has 0 saturated heterocycles. The number of hydrogen-bond donors (Lipinski definition) is 1. The topological polar surface area (TPSA) is 29.5 Å². The summed E-state index contributed by atoms with van der Waals surface area (Å²) in [4.78, 5) is 0. The van der Waals surface area contributed by atoms with Crippen molar-refractivity contribution in [3.63, 3.8) is 0 Å². The van der Waals surface area contributed by atoms with Crippen LogP contribution in [-0.2, 0) is 11.5 Å². The predicted octanol–water partition coefficient (Wildman–Crippen LogP) is 3.10. The first-order valence-corrected chi connectivity index (χ1v) is 5.58. The van der Waals surface area contributed by atoms with Crippen LogP contribution in [0.25, 0.3) is 0 Å². The van der Waals surface area contributed by atoms with Crippen LogP contribution in [0.2, 0.25) is 0 Å². The molecule has 0 aromatic heterocycles. The van der Waals surface area contributed by atoms with Gasteiger partial charge in [-0.2, -0.15) is 0 Å². The number of methoxy groups -OCH3 is 1. The lowest BCUT2D eigenvalue weighted by Gasteiger charge is -2.21. The van der Waals surface area contributed by atoms with E-state index in [0.717, 1.165) is 6.92 Å². The van der Waals surface area contributed by atoms with Crippen molar-refractivity contribution in [2.24, 2.45) is 0 Å². The van der Waals surface area contributed by atoms with Crippen LogP contribution in [0.4, 0.5) is 8.78 Å². The monoisotopic (exact) mass is 242 g/mol. The lowest BCUT2D eigenvalue weighted by Crippen LogP contribution is -2.15. The van der Waals surface area contributed by atoms with Gasteiger partial charge in [0.15, 0.2) is 0 Å². The molecule has 1 aromatic rings. The number of aryl methyl sites for hydroxylation is 1. The fourth-order valence-electron chi connectivity index (χ4n) is 2.05. The number of alkyl halides is 2. The van der Waals surface area contributed by atoms with E-state index >= 15 is 0 Å². The van der Waals surface area contributed by atoms with E-state index in [4.69, 9.17) is 4.74 Å². The molecule has 0 amide bonds. The summed E-state index contributed by atoms with van der Waals surface area (Å²) in [5.74, 6) is -2.86. The van der Waals surface area contributed by atoms with E-state index in [9.17, 15) is 13.9 Å². The van der Waals surface area contributed by atoms with Crippen molar-refractivity contribution in [2.75, 3.05) is 7.11 Å². The smallest absolute Gasteiger partial charge is 0.274 e. The van der Waals surface area contributed by atoms with Crippen LogP contribution in [0.5, 0.6) is 5.75 Å². The van der Waals surface area contributed by atoms with E-state index in [0.29, 0.717) is 24.0 Å². The normalized spacial score (nSPS) is 18.0. The number of halogens is 2. The molecule has 0 spiro atoms. The van der Waals surface area contributed by atoms with Crippen LogP contribution in [0, 0.1) is 6.92 Å². The molecule has 1 fully saturated rings. The average molecular weight is 242 g/mol. The van der Waals surface area contributed by atoms with Gasteiger partial charge in [0, 0.05) is 12.5 Å². The Bertz CT molecular complexity index is 419. The molecule has 1 aromatic carbocycles. The molecular formula is C13H16F2O2. The predicted molar refractivity (Wildman–Crippen MR) is 60.4 cm³/mol. The molecule has 17 heavy (non-hydrogen) atoms. The molecule has 94 valence electrons. The number of rotatable bonds is 3. The van der Waals surface area contributed by atoms with Gasteiger partial charge in [-0.15, -0.1) is 0 Å². The van der Waals surface area contributed by atoms with Crippen molar-refractivity contribution in [3.8, 4) is 5.75 Å². The van der Waals surface area contributed by atoms with Gasteiger partial charge in [0.2, 0.25) is 0 Å². The molecule has 4 heteroatoms. The van der Waals surface area contributed by atoms with Crippen LogP contribution in [-0.4, -0.2) is 12.2 Å². The molecule has 2 rings (SSSR count). The minimum absolute atomic E-state index is 0.114. The molecule has 0 bridgehead atoms. The molecule has 0 radical (unpaired) electrons.